The van der Waals surface area contributed by atoms with Crippen LogP contribution < -0.4 is 0 Å². The van der Waals surface area contributed by atoms with E-state index in [1.165, 1.54) is 47.1 Å². The monoisotopic (exact) mass is 641 g/mol. The van der Waals surface area contributed by atoms with Crippen molar-refractivity contribution in [3.8, 4) is 73.4 Å². The van der Waals surface area contributed by atoms with Crippen LogP contribution in [0.4, 0.5) is 0 Å². The van der Waals surface area contributed by atoms with Gasteiger partial charge in [0.05, 0.1) is 23.0 Å². The van der Waals surface area contributed by atoms with Crippen LogP contribution in [0, 0.1) is 11.3 Å². The maximum absolute atomic E-state index is 9.79. The van der Waals surface area contributed by atoms with Gasteiger partial charge in [0.1, 0.15) is 0 Å². The standard InChI is InChI=1S/C47H35N3/c48-31-32-21-23-39-40-24-22-36(29-43(40)47(42(39)27-32)25-10-3-11-26-47)38-19-8-9-20-41(38)45-30-44(34-15-6-2-7-16-34)49-46(50-45)37-18-12-17-35(28-37)33-13-4-1-5-14-33/h1-2,4-9,12-24,27-30H,3,10-11,25-26H2. The lowest BCUT2D eigenvalue weighted by Gasteiger charge is -2.36. The molecule has 2 aliphatic rings. The van der Waals surface area contributed by atoms with Crippen molar-refractivity contribution in [3.63, 3.8) is 0 Å². The zero-order valence-corrected chi connectivity index (χ0v) is 27.8. The summed E-state index contributed by atoms with van der Waals surface area (Å²) < 4.78 is 0. The molecule has 3 heteroatoms. The highest BCUT2D eigenvalue weighted by atomic mass is 14.9. The van der Waals surface area contributed by atoms with Gasteiger partial charge in [0.25, 0.3) is 0 Å². The fourth-order valence-electron chi connectivity index (χ4n) is 8.32. The van der Waals surface area contributed by atoms with Crippen LogP contribution in [-0.4, -0.2) is 9.97 Å². The van der Waals surface area contributed by atoms with Crippen LogP contribution in [0.1, 0.15) is 48.8 Å². The van der Waals surface area contributed by atoms with Crippen molar-refractivity contribution in [2.45, 2.75) is 37.5 Å². The smallest absolute Gasteiger partial charge is 0.160 e. The molecule has 1 heterocycles. The fourth-order valence-corrected chi connectivity index (χ4v) is 8.32. The molecule has 0 saturated heterocycles. The number of fused-ring (bicyclic) bond motifs is 5. The third-order valence-corrected chi connectivity index (χ3v) is 10.7. The lowest BCUT2D eigenvalue weighted by molar-refractivity contribution is 0.353. The van der Waals surface area contributed by atoms with E-state index in [2.05, 4.69) is 140 Å². The van der Waals surface area contributed by atoms with Crippen LogP contribution in [0.3, 0.4) is 0 Å². The molecule has 1 spiro atoms. The molecule has 1 saturated carbocycles. The Bertz CT molecular complexity index is 2410. The second kappa shape index (κ2) is 12.4. The van der Waals surface area contributed by atoms with Crippen LogP contribution in [0.2, 0.25) is 0 Å². The summed E-state index contributed by atoms with van der Waals surface area (Å²) in [7, 11) is 0. The highest BCUT2D eigenvalue weighted by Crippen LogP contribution is 2.56. The molecular weight excluding hydrogens is 607 g/mol. The van der Waals surface area contributed by atoms with Gasteiger partial charge < -0.3 is 0 Å². The molecule has 0 atom stereocenters. The Morgan fingerprint density at radius 3 is 1.82 bits per heavy atom. The largest absolute Gasteiger partial charge is 0.228 e. The lowest BCUT2D eigenvalue weighted by atomic mass is 9.67. The predicted octanol–water partition coefficient (Wildman–Crippen LogP) is 11.9. The van der Waals surface area contributed by atoms with Crippen molar-refractivity contribution in [2.24, 2.45) is 0 Å². The molecule has 2 aliphatic carbocycles. The van der Waals surface area contributed by atoms with E-state index in [9.17, 15) is 5.26 Å². The van der Waals surface area contributed by atoms with E-state index >= 15 is 0 Å². The average molecular weight is 642 g/mol. The van der Waals surface area contributed by atoms with Crippen molar-refractivity contribution >= 4 is 0 Å². The third-order valence-electron chi connectivity index (χ3n) is 10.7. The molecule has 0 unspecified atom stereocenters. The summed E-state index contributed by atoms with van der Waals surface area (Å²) in [5.41, 5.74) is 15.6. The van der Waals surface area contributed by atoms with Crippen LogP contribution in [-0.2, 0) is 5.41 Å². The molecule has 9 rings (SSSR count). The average Bonchev–Trinajstić information content (AvgIpc) is 3.45. The van der Waals surface area contributed by atoms with Gasteiger partial charge in [0.2, 0.25) is 0 Å². The Morgan fingerprint density at radius 2 is 1.06 bits per heavy atom. The highest BCUT2D eigenvalue weighted by Gasteiger charge is 2.44. The van der Waals surface area contributed by atoms with Gasteiger partial charge in [-0.05, 0) is 87.7 Å². The first-order chi connectivity index (χ1) is 24.7. The summed E-state index contributed by atoms with van der Waals surface area (Å²) in [6, 6.07) is 55.9. The predicted molar refractivity (Wildman–Crippen MR) is 203 cm³/mol. The Labute approximate surface area is 293 Å². The van der Waals surface area contributed by atoms with Crippen molar-refractivity contribution < 1.29 is 0 Å². The number of benzene rings is 6. The quantitative estimate of drug-likeness (QED) is 0.188. The summed E-state index contributed by atoms with van der Waals surface area (Å²) in [6.45, 7) is 0. The van der Waals surface area contributed by atoms with Gasteiger partial charge in [-0.15, -0.1) is 0 Å². The van der Waals surface area contributed by atoms with Crippen LogP contribution in [0.15, 0.2) is 152 Å². The van der Waals surface area contributed by atoms with Gasteiger partial charge in [-0.25, -0.2) is 9.97 Å². The first-order valence-corrected chi connectivity index (χ1v) is 17.6. The first kappa shape index (κ1) is 30.0. The minimum absolute atomic E-state index is 0.0485. The van der Waals surface area contributed by atoms with Crippen molar-refractivity contribution in [1.82, 2.24) is 9.97 Å². The summed E-state index contributed by atoms with van der Waals surface area (Å²) in [5, 5.41) is 9.79. The number of nitriles is 1. The molecule has 3 nitrogen and oxygen atoms in total. The van der Waals surface area contributed by atoms with Gasteiger partial charge in [0, 0.05) is 22.1 Å². The van der Waals surface area contributed by atoms with E-state index in [0.717, 1.165) is 63.2 Å². The molecule has 6 aromatic carbocycles. The molecule has 50 heavy (non-hydrogen) atoms. The summed E-state index contributed by atoms with van der Waals surface area (Å²) in [4.78, 5) is 10.4. The maximum atomic E-state index is 9.79. The summed E-state index contributed by atoms with van der Waals surface area (Å²) in [6.07, 6.45) is 5.90. The van der Waals surface area contributed by atoms with Crippen molar-refractivity contribution in [3.05, 3.63) is 168 Å². The molecule has 7 aromatic rings. The molecule has 0 radical (unpaired) electrons. The lowest BCUT2D eigenvalue weighted by Crippen LogP contribution is -2.28. The topological polar surface area (TPSA) is 49.6 Å². The number of nitrogens with zero attached hydrogens (tertiary/aromatic N) is 3. The molecule has 1 fully saturated rings. The number of hydrogen-bond donors (Lipinski definition) is 0. The van der Waals surface area contributed by atoms with E-state index in [0.29, 0.717) is 5.82 Å². The Balaban J connectivity index is 1.20. The number of aromatic nitrogens is 2. The van der Waals surface area contributed by atoms with Gasteiger partial charge in [-0.1, -0.05) is 141 Å². The van der Waals surface area contributed by atoms with Crippen LogP contribution >= 0.6 is 0 Å². The highest BCUT2D eigenvalue weighted by molar-refractivity contribution is 5.89. The minimum Gasteiger partial charge on any atom is -0.228 e. The van der Waals surface area contributed by atoms with E-state index in [1.807, 2.05) is 18.2 Å². The molecule has 238 valence electrons. The normalized spacial score (nSPS) is 14.1. The van der Waals surface area contributed by atoms with E-state index < -0.39 is 0 Å². The number of hydrogen-bond acceptors (Lipinski definition) is 3. The van der Waals surface area contributed by atoms with Crippen LogP contribution in [0.25, 0.3) is 67.3 Å². The molecular formula is C47H35N3. The van der Waals surface area contributed by atoms with Gasteiger partial charge in [0.15, 0.2) is 5.82 Å². The van der Waals surface area contributed by atoms with Gasteiger partial charge in [-0.2, -0.15) is 5.26 Å². The number of rotatable bonds is 5. The maximum Gasteiger partial charge on any atom is 0.160 e. The van der Waals surface area contributed by atoms with Gasteiger partial charge in [-0.3, -0.25) is 0 Å². The summed E-state index contributed by atoms with van der Waals surface area (Å²) in [5.74, 6) is 0.702. The minimum atomic E-state index is -0.0485. The molecule has 1 aromatic heterocycles. The van der Waals surface area contributed by atoms with E-state index in [-0.39, 0.29) is 5.41 Å². The second-order valence-electron chi connectivity index (χ2n) is 13.6. The van der Waals surface area contributed by atoms with E-state index in [1.54, 1.807) is 0 Å². The Hall–Kier alpha value is -6.11. The summed E-state index contributed by atoms with van der Waals surface area (Å²) >= 11 is 0. The molecule has 0 bridgehead atoms. The third kappa shape index (κ3) is 5.13. The molecule has 0 aliphatic heterocycles. The molecule has 0 N–H and O–H groups in total. The van der Waals surface area contributed by atoms with Crippen molar-refractivity contribution in [1.29, 1.82) is 5.26 Å². The Morgan fingerprint density at radius 1 is 0.440 bits per heavy atom. The zero-order valence-electron chi connectivity index (χ0n) is 27.8. The SMILES string of the molecule is N#Cc1ccc2c(c1)C1(CCCCC1)c1cc(-c3ccccc3-c3cc(-c4ccccc4)nc(-c4cccc(-c5ccccc5)c4)n3)ccc1-2. The van der Waals surface area contributed by atoms with E-state index in [4.69, 9.17) is 9.97 Å². The fraction of sp³-hybridized carbons (Fsp3) is 0.128. The second-order valence-corrected chi connectivity index (χ2v) is 13.6. The Kier molecular flexibility index (Phi) is 7.44. The molecule has 0 amide bonds. The van der Waals surface area contributed by atoms with Crippen LogP contribution in [0.5, 0.6) is 0 Å². The first-order valence-electron chi connectivity index (χ1n) is 17.6. The zero-order chi connectivity index (χ0) is 33.5. The van der Waals surface area contributed by atoms with Crippen molar-refractivity contribution in [2.75, 3.05) is 0 Å². The van der Waals surface area contributed by atoms with Gasteiger partial charge >= 0.3 is 0 Å².